The van der Waals surface area contributed by atoms with Crippen LogP contribution in [0.2, 0.25) is 0 Å². The van der Waals surface area contributed by atoms with Crippen LogP contribution in [0.3, 0.4) is 0 Å². The largest absolute Gasteiger partial charge is 0.481 e. The van der Waals surface area contributed by atoms with Gasteiger partial charge in [0, 0.05) is 17.9 Å². The van der Waals surface area contributed by atoms with Crippen LogP contribution in [0.15, 0.2) is 30.3 Å². The van der Waals surface area contributed by atoms with E-state index in [-0.39, 0.29) is 18.6 Å². The molecule has 4 heteroatoms. The van der Waals surface area contributed by atoms with Crippen molar-refractivity contribution in [3.8, 4) is 6.07 Å². The molecule has 0 bridgehead atoms. The second-order valence-corrected chi connectivity index (χ2v) is 3.39. The van der Waals surface area contributed by atoms with Gasteiger partial charge in [-0.15, -0.1) is 0 Å². The summed E-state index contributed by atoms with van der Waals surface area (Å²) < 4.78 is 0. The Morgan fingerprint density at radius 2 is 1.94 bits per heavy atom. The van der Waals surface area contributed by atoms with Crippen LogP contribution in [-0.2, 0) is 4.79 Å². The lowest BCUT2D eigenvalue weighted by Crippen LogP contribution is -2.18. The van der Waals surface area contributed by atoms with Gasteiger partial charge in [0.15, 0.2) is 5.78 Å². The summed E-state index contributed by atoms with van der Waals surface area (Å²) in [5.74, 6) is -2.11. The summed E-state index contributed by atoms with van der Waals surface area (Å²) in [7, 11) is 0. The second kappa shape index (κ2) is 5.66. The Morgan fingerprint density at radius 1 is 1.31 bits per heavy atom. The van der Waals surface area contributed by atoms with E-state index in [2.05, 4.69) is 0 Å². The van der Waals surface area contributed by atoms with Crippen LogP contribution in [0.5, 0.6) is 0 Å². The number of benzene rings is 1. The Hall–Kier alpha value is -2.15. The Labute approximate surface area is 93.1 Å². The maximum Gasteiger partial charge on any atom is 0.304 e. The number of carbonyl (C=O) groups excluding carboxylic acids is 1. The van der Waals surface area contributed by atoms with E-state index >= 15 is 0 Å². The number of hydrogen-bond donors (Lipinski definition) is 1. The normalized spacial score (nSPS) is 11.4. The molecule has 0 aromatic heterocycles. The molecule has 0 saturated heterocycles. The summed E-state index contributed by atoms with van der Waals surface area (Å²) in [5.41, 5.74) is 0.448. The van der Waals surface area contributed by atoms with Gasteiger partial charge in [-0.3, -0.25) is 9.59 Å². The smallest absolute Gasteiger partial charge is 0.304 e. The van der Waals surface area contributed by atoms with Gasteiger partial charge in [-0.1, -0.05) is 30.3 Å². The molecule has 1 aromatic rings. The van der Waals surface area contributed by atoms with Crippen molar-refractivity contribution in [1.29, 1.82) is 5.26 Å². The Kier molecular flexibility index (Phi) is 4.22. The molecule has 0 heterocycles. The molecule has 16 heavy (non-hydrogen) atoms. The van der Waals surface area contributed by atoms with E-state index in [1.165, 1.54) is 0 Å². The average Bonchev–Trinajstić information content (AvgIpc) is 2.28. The van der Waals surface area contributed by atoms with Crippen LogP contribution in [-0.4, -0.2) is 16.9 Å². The maximum atomic E-state index is 11.9. The molecule has 82 valence electrons. The molecule has 0 amide bonds. The van der Waals surface area contributed by atoms with Crippen LogP contribution < -0.4 is 0 Å². The molecule has 1 atom stereocenters. The first-order valence-corrected chi connectivity index (χ1v) is 4.83. The molecule has 0 spiro atoms. The molecular weight excluding hydrogens is 206 g/mol. The van der Waals surface area contributed by atoms with Crippen LogP contribution in [0, 0.1) is 17.2 Å². The van der Waals surface area contributed by atoms with Crippen molar-refractivity contribution in [2.45, 2.75) is 12.8 Å². The summed E-state index contributed by atoms with van der Waals surface area (Å²) in [6, 6.07) is 10.3. The second-order valence-electron chi connectivity index (χ2n) is 3.39. The maximum absolute atomic E-state index is 11.9. The van der Waals surface area contributed by atoms with E-state index in [1.54, 1.807) is 30.3 Å². The predicted molar refractivity (Wildman–Crippen MR) is 56.7 cm³/mol. The Bertz CT molecular complexity index is 420. The lowest BCUT2D eigenvalue weighted by atomic mass is 9.92. The minimum Gasteiger partial charge on any atom is -0.481 e. The number of Topliss-reactive ketones (excluding diaryl/α,β-unsaturated/α-hetero) is 1. The molecule has 0 aliphatic heterocycles. The van der Waals surface area contributed by atoms with Gasteiger partial charge in [0.05, 0.1) is 12.5 Å². The zero-order valence-corrected chi connectivity index (χ0v) is 8.59. The molecule has 1 aromatic carbocycles. The summed E-state index contributed by atoms with van der Waals surface area (Å²) in [5, 5.41) is 17.2. The van der Waals surface area contributed by atoms with Gasteiger partial charge in [-0.2, -0.15) is 5.26 Å². The van der Waals surface area contributed by atoms with Crippen molar-refractivity contribution in [1.82, 2.24) is 0 Å². The number of rotatable bonds is 5. The van der Waals surface area contributed by atoms with Gasteiger partial charge >= 0.3 is 5.97 Å². The minimum absolute atomic E-state index is 0.0694. The highest BCUT2D eigenvalue weighted by Crippen LogP contribution is 2.15. The molecule has 0 fully saturated rings. The first-order valence-electron chi connectivity index (χ1n) is 4.83. The van der Waals surface area contributed by atoms with Crippen LogP contribution in [0.25, 0.3) is 0 Å². The van der Waals surface area contributed by atoms with E-state index in [0.717, 1.165) is 0 Å². The van der Waals surface area contributed by atoms with Crippen molar-refractivity contribution in [3.63, 3.8) is 0 Å². The number of ketones is 1. The molecule has 0 aliphatic rings. The molecule has 0 aliphatic carbocycles. The zero-order valence-electron chi connectivity index (χ0n) is 8.59. The first-order chi connectivity index (χ1) is 7.65. The van der Waals surface area contributed by atoms with E-state index in [9.17, 15) is 9.59 Å². The number of nitriles is 1. The Morgan fingerprint density at radius 3 is 2.44 bits per heavy atom. The molecular formula is C12H11NO3. The summed E-state index contributed by atoms with van der Waals surface area (Å²) in [6.07, 6.45) is -0.374. The van der Waals surface area contributed by atoms with Crippen LogP contribution >= 0.6 is 0 Å². The van der Waals surface area contributed by atoms with Gasteiger partial charge in [0.1, 0.15) is 0 Å². The Balaban J connectivity index is 2.84. The number of nitrogens with zero attached hydrogens (tertiary/aromatic N) is 1. The molecule has 1 unspecified atom stereocenters. The number of carboxylic acids is 1. The molecule has 0 saturated carbocycles. The van der Waals surface area contributed by atoms with Gasteiger partial charge < -0.3 is 5.11 Å². The fourth-order valence-corrected chi connectivity index (χ4v) is 1.42. The fourth-order valence-electron chi connectivity index (χ4n) is 1.42. The van der Waals surface area contributed by atoms with E-state index in [0.29, 0.717) is 5.56 Å². The minimum atomic E-state index is -1.07. The highest BCUT2D eigenvalue weighted by atomic mass is 16.4. The van der Waals surface area contributed by atoms with Crippen molar-refractivity contribution < 1.29 is 14.7 Å². The predicted octanol–water partition coefficient (Wildman–Crippen LogP) is 1.87. The lowest BCUT2D eigenvalue weighted by molar-refractivity contribution is -0.137. The third kappa shape index (κ3) is 3.21. The van der Waals surface area contributed by atoms with E-state index < -0.39 is 11.9 Å². The van der Waals surface area contributed by atoms with Gasteiger partial charge in [0.25, 0.3) is 0 Å². The van der Waals surface area contributed by atoms with Crippen LogP contribution in [0.4, 0.5) is 0 Å². The van der Waals surface area contributed by atoms with Gasteiger partial charge in [-0.05, 0) is 0 Å². The lowest BCUT2D eigenvalue weighted by Gasteiger charge is -2.09. The zero-order chi connectivity index (χ0) is 12.0. The topological polar surface area (TPSA) is 78.2 Å². The summed E-state index contributed by atoms with van der Waals surface area (Å²) >= 11 is 0. The third-order valence-corrected chi connectivity index (χ3v) is 2.19. The monoisotopic (exact) mass is 217 g/mol. The van der Waals surface area contributed by atoms with Crippen molar-refractivity contribution in [2.75, 3.05) is 0 Å². The number of carbonyl (C=O) groups is 2. The van der Waals surface area contributed by atoms with Crippen LogP contribution in [0.1, 0.15) is 23.2 Å². The molecule has 1 N–H and O–H groups in total. The SMILES string of the molecule is N#CCC(CC(=O)O)C(=O)c1ccccc1. The highest BCUT2D eigenvalue weighted by molar-refractivity contribution is 5.99. The van der Waals surface area contributed by atoms with Crippen molar-refractivity contribution in [3.05, 3.63) is 35.9 Å². The highest BCUT2D eigenvalue weighted by Gasteiger charge is 2.22. The number of hydrogen-bond acceptors (Lipinski definition) is 3. The third-order valence-electron chi connectivity index (χ3n) is 2.19. The number of aliphatic carboxylic acids is 1. The standard InChI is InChI=1S/C12H11NO3/c13-7-6-10(8-11(14)15)12(16)9-4-2-1-3-5-9/h1-5,10H,6,8H2,(H,14,15). The fraction of sp³-hybridized carbons (Fsp3) is 0.250. The van der Waals surface area contributed by atoms with Gasteiger partial charge in [-0.25, -0.2) is 0 Å². The summed E-state index contributed by atoms with van der Waals surface area (Å²) in [6.45, 7) is 0. The average molecular weight is 217 g/mol. The summed E-state index contributed by atoms with van der Waals surface area (Å²) in [4.78, 5) is 22.4. The molecule has 0 radical (unpaired) electrons. The quantitative estimate of drug-likeness (QED) is 0.763. The van der Waals surface area contributed by atoms with Gasteiger partial charge in [0.2, 0.25) is 0 Å². The van der Waals surface area contributed by atoms with E-state index in [4.69, 9.17) is 10.4 Å². The molecule has 4 nitrogen and oxygen atoms in total. The van der Waals surface area contributed by atoms with E-state index in [1.807, 2.05) is 6.07 Å². The number of carboxylic acid groups (broad SMARTS) is 1. The first kappa shape index (κ1) is 11.9. The van der Waals surface area contributed by atoms with Crippen molar-refractivity contribution >= 4 is 11.8 Å². The van der Waals surface area contributed by atoms with Crippen molar-refractivity contribution in [2.24, 2.45) is 5.92 Å². The molecule has 1 rings (SSSR count).